The predicted molar refractivity (Wildman–Crippen MR) is 109 cm³/mol. The third-order valence-electron chi connectivity index (χ3n) is 5.88. The third kappa shape index (κ3) is 3.28. The molecule has 0 bridgehead atoms. The Kier molecular flexibility index (Phi) is 4.46. The fraction of sp³-hybridized carbons (Fsp3) is 0.478. The predicted octanol–water partition coefficient (Wildman–Crippen LogP) is 3.58. The zero-order chi connectivity index (χ0) is 20.1. The Balaban J connectivity index is 1.68. The molecule has 0 amide bonds. The van der Waals surface area contributed by atoms with Crippen molar-refractivity contribution in [1.29, 1.82) is 0 Å². The van der Waals surface area contributed by atoms with E-state index in [1.54, 1.807) is 12.2 Å². The van der Waals surface area contributed by atoms with E-state index in [-0.39, 0.29) is 23.6 Å². The van der Waals surface area contributed by atoms with Crippen LogP contribution in [0.3, 0.4) is 0 Å². The highest BCUT2D eigenvalue weighted by atomic mass is 16.6. The minimum Gasteiger partial charge on any atom is -0.506 e. The lowest BCUT2D eigenvalue weighted by Gasteiger charge is -2.32. The summed E-state index contributed by atoms with van der Waals surface area (Å²) < 4.78 is 5.66. The van der Waals surface area contributed by atoms with Crippen LogP contribution >= 0.6 is 0 Å². The van der Waals surface area contributed by atoms with Crippen molar-refractivity contribution in [3.05, 3.63) is 59.4 Å². The fourth-order valence-corrected chi connectivity index (χ4v) is 4.81. The number of aliphatic hydroxyl groups is 1. The van der Waals surface area contributed by atoms with Gasteiger partial charge in [-0.3, -0.25) is 10.3 Å². The van der Waals surface area contributed by atoms with Crippen LogP contribution in [-0.4, -0.2) is 34.6 Å². The van der Waals surface area contributed by atoms with E-state index in [0.717, 1.165) is 13.0 Å². The molecule has 0 aromatic heterocycles. The molecule has 1 aromatic rings. The Hall–Kier alpha value is -2.40. The molecule has 2 N–H and O–H groups in total. The number of nitrogens with one attached hydrogen (secondary N) is 1. The van der Waals surface area contributed by atoms with Gasteiger partial charge in [0.15, 0.2) is 0 Å². The largest absolute Gasteiger partial charge is 0.506 e. The summed E-state index contributed by atoms with van der Waals surface area (Å²) in [5.41, 5.74) is 1.39. The number of nitrogens with zero attached hydrogens (tertiary/aromatic N) is 1. The number of esters is 1. The Morgan fingerprint density at radius 1 is 1.29 bits per heavy atom. The molecule has 1 aliphatic carbocycles. The fourth-order valence-electron chi connectivity index (χ4n) is 4.81. The number of aliphatic imine (C=N–C) groups is 1. The molecule has 3 unspecified atom stereocenters. The molecule has 0 saturated carbocycles. The van der Waals surface area contributed by atoms with Gasteiger partial charge in [-0.25, -0.2) is 4.79 Å². The van der Waals surface area contributed by atoms with E-state index >= 15 is 0 Å². The van der Waals surface area contributed by atoms with Crippen molar-refractivity contribution in [2.45, 2.75) is 45.4 Å². The summed E-state index contributed by atoms with van der Waals surface area (Å²) >= 11 is 0. The second kappa shape index (κ2) is 6.59. The molecule has 1 saturated heterocycles. The van der Waals surface area contributed by atoms with Crippen molar-refractivity contribution in [3.8, 4) is 0 Å². The van der Waals surface area contributed by atoms with Gasteiger partial charge in [0.2, 0.25) is 0 Å². The Morgan fingerprint density at radius 3 is 2.68 bits per heavy atom. The number of hydrogen-bond acceptors (Lipinski definition) is 5. The third-order valence-corrected chi connectivity index (χ3v) is 5.88. The first-order chi connectivity index (χ1) is 13.2. The molecule has 1 fully saturated rings. The zero-order valence-electron chi connectivity index (χ0n) is 16.9. The van der Waals surface area contributed by atoms with Gasteiger partial charge in [-0.15, -0.1) is 0 Å². The van der Waals surface area contributed by atoms with Gasteiger partial charge in [-0.1, -0.05) is 30.3 Å². The minimum atomic E-state index is -0.572. The summed E-state index contributed by atoms with van der Waals surface area (Å²) in [6, 6.07) is 10.4. The van der Waals surface area contributed by atoms with E-state index in [4.69, 9.17) is 9.73 Å². The van der Waals surface area contributed by atoms with Gasteiger partial charge in [0.05, 0.1) is 5.71 Å². The van der Waals surface area contributed by atoms with Crippen LogP contribution in [0.15, 0.2) is 58.8 Å². The van der Waals surface area contributed by atoms with E-state index < -0.39 is 11.3 Å². The van der Waals surface area contributed by atoms with Gasteiger partial charge >= 0.3 is 5.97 Å². The van der Waals surface area contributed by atoms with Crippen LogP contribution < -0.4 is 5.32 Å². The smallest absolute Gasteiger partial charge is 0.335 e. The van der Waals surface area contributed by atoms with Gasteiger partial charge in [-0.2, -0.15) is 0 Å². The summed E-state index contributed by atoms with van der Waals surface area (Å²) in [6.07, 6.45) is 4.17. The van der Waals surface area contributed by atoms with Gasteiger partial charge in [0, 0.05) is 24.0 Å². The first kappa shape index (κ1) is 18.9. The lowest BCUT2D eigenvalue weighted by Crippen LogP contribution is -2.41. The molecule has 4 rings (SSSR count). The van der Waals surface area contributed by atoms with Crippen LogP contribution in [0.25, 0.3) is 0 Å². The van der Waals surface area contributed by atoms with Crippen LogP contribution in [-0.2, 0) is 16.0 Å². The number of rotatable bonds is 3. The molecule has 2 aliphatic heterocycles. The highest BCUT2D eigenvalue weighted by molar-refractivity contribution is 6.10. The maximum absolute atomic E-state index is 12.9. The molecule has 5 heteroatoms. The zero-order valence-corrected chi connectivity index (χ0v) is 16.9. The molecule has 28 heavy (non-hydrogen) atoms. The minimum absolute atomic E-state index is 0.0809. The van der Waals surface area contributed by atoms with Crippen molar-refractivity contribution >= 4 is 11.7 Å². The number of carbonyl (C=O) groups excluding carboxylic acids is 1. The summed E-state index contributed by atoms with van der Waals surface area (Å²) in [5.74, 6) is -0.0574. The molecular weight excluding hydrogens is 352 g/mol. The van der Waals surface area contributed by atoms with Crippen LogP contribution in [0.4, 0.5) is 0 Å². The summed E-state index contributed by atoms with van der Waals surface area (Å²) in [7, 11) is 0. The van der Waals surface area contributed by atoms with Crippen molar-refractivity contribution in [3.63, 3.8) is 0 Å². The number of hydrogen-bond donors (Lipinski definition) is 2. The topological polar surface area (TPSA) is 70.9 Å². The number of aliphatic hydroxyl groups excluding tert-OH is 1. The molecule has 2 heterocycles. The van der Waals surface area contributed by atoms with Crippen molar-refractivity contribution in [1.82, 2.24) is 5.32 Å². The van der Waals surface area contributed by atoms with Gasteiger partial charge < -0.3 is 9.84 Å². The Labute approximate surface area is 166 Å². The average Bonchev–Trinajstić information content (AvgIpc) is 3.08. The van der Waals surface area contributed by atoms with Gasteiger partial charge in [0.25, 0.3) is 0 Å². The van der Waals surface area contributed by atoms with Crippen LogP contribution in [0.5, 0.6) is 0 Å². The van der Waals surface area contributed by atoms with Crippen molar-refractivity contribution in [2.24, 2.45) is 22.7 Å². The summed E-state index contributed by atoms with van der Waals surface area (Å²) in [6.45, 7) is 8.49. The van der Waals surface area contributed by atoms with E-state index in [9.17, 15) is 9.90 Å². The van der Waals surface area contributed by atoms with E-state index in [2.05, 4.69) is 36.5 Å². The molecule has 148 valence electrons. The van der Waals surface area contributed by atoms with Gasteiger partial charge in [-0.05, 0) is 57.7 Å². The van der Waals surface area contributed by atoms with Crippen molar-refractivity contribution < 1.29 is 14.6 Å². The van der Waals surface area contributed by atoms with Crippen LogP contribution in [0.1, 0.15) is 33.3 Å². The van der Waals surface area contributed by atoms with E-state index in [1.807, 2.05) is 26.8 Å². The number of benzene rings is 1. The SMILES string of the molecule is CC(C)(C)OC(=O)C1=CC=C(O)C2=N[C@]3(C)NCC(Cc4ccccc4)C3C12. The van der Waals surface area contributed by atoms with E-state index in [1.165, 1.54) is 5.56 Å². The highest BCUT2D eigenvalue weighted by Crippen LogP contribution is 2.50. The first-order valence-corrected chi connectivity index (χ1v) is 9.91. The number of fused-ring (bicyclic) bond motifs is 3. The molecule has 1 aromatic carbocycles. The average molecular weight is 380 g/mol. The summed E-state index contributed by atoms with van der Waals surface area (Å²) in [5, 5.41) is 14.0. The molecule has 3 aliphatic rings. The highest BCUT2D eigenvalue weighted by Gasteiger charge is 2.57. The maximum atomic E-state index is 12.9. The Bertz CT molecular complexity index is 879. The second-order valence-electron chi connectivity index (χ2n) is 9.15. The maximum Gasteiger partial charge on any atom is 0.335 e. The van der Waals surface area contributed by atoms with Crippen LogP contribution in [0.2, 0.25) is 0 Å². The quantitative estimate of drug-likeness (QED) is 0.787. The van der Waals surface area contributed by atoms with Crippen molar-refractivity contribution in [2.75, 3.05) is 6.54 Å². The number of carbonyl (C=O) groups is 1. The number of allylic oxidation sites excluding steroid dienone is 3. The second-order valence-corrected chi connectivity index (χ2v) is 9.15. The van der Waals surface area contributed by atoms with Gasteiger partial charge in [0.1, 0.15) is 17.0 Å². The first-order valence-electron chi connectivity index (χ1n) is 9.91. The Morgan fingerprint density at radius 2 is 2.00 bits per heavy atom. The normalized spacial score (nSPS) is 31.4. The standard InChI is InChI=1S/C23H28N2O3/c1-22(2,3)28-21(27)16-10-11-17(26)20-18(16)19-15(13-24-23(19,4)25-20)12-14-8-6-5-7-9-14/h5-11,15,18-19,24,26H,12-13H2,1-4H3/t15?,18?,19?,23-/m0/s1. The molecule has 5 nitrogen and oxygen atoms in total. The lowest BCUT2D eigenvalue weighted by molar-refractivity contribution is -0.150. The lowest BCUT2D eigenvalue weighted by atomic mass is 9.71. The monoisotopic (exact) mass is 380 g/mol. The number of ether oxygens (including phenoxy) is 1. The van der Waals surface area contributed by atoms with E-state index in [0.29, 0.717) is 17.2 Å². The molecular formula is C23H28N2O3. The van der Waals surface area contributed by atoms with Crippen LogP contribution in [0, 0.1) is 17.8 Å². The summed E-state index contributed by atoms with van der Waals surface area (Å²) in [4.78, 5) is 17.8. The molecule has 0 spiro atoms. The molecule has 0 radical (unpaired) electrons. The molecule has 4 atom stereocenters.